The SMILES string of the molecule is CC[C@@H](C(=O)n1cc(C(=O)OC)c2ccccc21)N(c1cccc(C)c1)S(C)(=O)=O. The van der Waals surface area contributed by atoms with E-state index in [9.17, 15) is 18.0 Å². The lowest BCUT2D eigenvalue weighted by Gasteiger charge is -2.30. The first-order chi connectivity index (χ1) is 14.2. The Labute approximate surface area is 175 Å². The molecule has 0 radical (unpaired) electrons. The Morgan fingerprint density at radius 2 is 1.83 bits per heavy atom. The lowest BCUT2D eigenvalue weighted by atomic mass is 10.1. The minimum atomic E-state index is -3.76. The predicted octanol–water partition coefficient (Wildman–Crippen LogP) is 3.62. The summed E-state index contributed by atoms with van der Waals surface area (Å²) >= 11 is 0. The molecule has 1 heterocycles. The molecule has 7 nitrogen and oxygen atoms in total. The number of fused-ring (bicyclic) bond motifs is 1. The van der Waals surface area contributed by atoms with E-state index in [0.29, 0.717) is 16.6 Å². The van der Waals surface area contributed by atoms with Gasteiger partial charge < -0.3 is 4.74 Å². The van der Waals surface area contributed by atoms with Crippen LogP contribution in [0.15, 0.2) is 54.7 Å². The summed E-state index contributed by atoms with van der Waals surface area (Å²) in [5, 5.41) is 0.564. The van der Waals surface area contributed by atoms with Crippen molar-refractivity contribution in [3.8, 4) is 0 Å². The van der Waals surface area contributed by atoms with Crippen molar-refractivity contribution in [1.29, 1.82) is 0 Å². The molecule has 0 N–H and O–H groups in total. The third-order valence-electron chi connectivity index (χ3n) is 4.92. The minimum absolute atomic E-state index is 0.248. The normalized spacial score (nSPS) is 12.5. The summed E-state index contributed by atoms with van der Waals surface area (Å²) in [7, 11) is -2.49. The molecule has 0 saturated heterocycles. The summed E-state index contributed by atoms with van der Waals surface area (Å²) in [6.45, 7) is 3.61. The van der Waals surface area contributed by atoms with Gasteiger partial charge in [0, 0.05) is 11.6 Å². The van der Waals surface area contributed by atoms with Gasteiger partial charge in [-0.25, -0.2) is 13.2 Å². The number of benzene rings is 2. The van der Waals surface area contributed by atoms with Crippen molar-refractivity contribution in [1.82, 2.24) is 4.57 Å². The monoisotopic (exact) mass is 428 g/mol. The highest BCUT2D eigenvalue weighted by Gasteiger charge is 2.33. The second-order valence-electron chi connectivity index (χ2n) is 7.08. The number of esters is 1. The summed E-state index contributed by atoms with van der Waals surface area (Å²) in [5.74, 6) is -1.01. The lowest BCUT2D eigenvalue weighted by molar-refractivity contribution is 0.0603. The number of anilines is 1. The zero-order valence-electron chi connectivity index (χ0n) is 17.3. The van der Waals surface area contributed by atoms with Gasteiger partial charge in [0.1, 0.15) is 6.04 Å². The topological polar surface area (TPSA) is 85.7 Å². The van der Waals surface area contributed by atoms with Crippen LogP contribution in [0.3, 0.4) is 0 Å². The molecule has 0 aliphatic rings. The first-order valence-electron chi connectivity index (χ1n) is 9.47. The Bertz CT molecular complexity index is 1210. The molecular formula is C22H24N2O5S. The Balaban J connectivity index is 2.17. The van der Waals surface area contributed by atoms with E-state index >= 15 is 0 Å². The molecule has 3 rings (SSSR count). The van der Waals surface area contributed by atoms with Crippen molar-refractivity contribution >= 4 is 38.5 Å². The van der Waals surface area contributed by atoms with Crippen LogP contribution in [0, 0.1) is 6.92 Å². The molecule has 30 heavy (non-hydrogen) atoms. The van der Waals surface area contributed by atoms with Crippen LogP contribution in [0.25, 0.3) is 10.9 Å². The fourth-order valence-corrected chi connectivity index (χ4v) is 4.80. The number of hydrogen-bond acceptors (Lipinski definition) is 5. The van der Waals surface area contributed by atoms with E-state index in [1.165, 1.54) is 17.9 Å². The van der Waals surface area contributed by atoms with Gasteiger partial charge in [0.25, 0.3) is 5.91 Å². The molecule has 3 aromatic rings. The van der Waals surface area contributed by atoms with Crippen molar-refractivity contribution in [3.05, 3.63) is 65.9 Å². The zero-order valence-corrected chi connectivity index (χ0v) is 18.1. The molecular weight excluding hydrogens is 404 g/mol. The molecule has 0 fully saturated rings. The molecule has 0 unspecified atom stereocenters. The quantitative estimate of drug-likeness (QED) is 0.560. The summed E-state index contributed by atoms with van der Waals surface area (Å²) in [5.41, 5.74) is 2.06. The summed E-state index contributed by atoms with van der Waals surface area (Å²) in [6.07, 6.45) is 2.75. The average molecular weight is 429 g/mol. The van der Waals surface area contributed by atoms with Gasteiger partial charge in [0.2, 0.25) is 10.0 Å². The van der Waals surface area contributed by atoms with Crippen LogP contribution >= 0.6 is 0 Å². The number of ether oxygens (including phenoxy) is 1. The highest BCUT2D eigenvalue weighted by atomic mass is 32.2. The number of aryl methyl sites for hydroxylation is 1. The van der Waals surface area contributed by atoms with Gasteiger partial charge in [-0.1, -0.05) is 37.3 Å². The van der Waals surface area contributed by atoms with Crippen LogP contribution in [0.5, 0.6) is 0 Å². The smallest absolute Gasteiger partial charge is 0.340 e. The third kappa shape index (κ3) is 3.95. The van der Waals surface area contributed by atoms with Gasteiger partial charge in [0.15, 0.2) is 0 Å². The van der Waals surface area contributed by atoms with Crippen molar-refractivity contribution in [3.63, 3.8) is 0 Å². The molecule has 8 heteroatoms. The number of aromatic nitrogens is 1. The Morgan fingerprint density at radius 1 is 1.13 bits per heavy atom. The molecule has 0 saturated carbocycles. The molecule has 1 atom stereocenters. The highest BCUT2D eigenvalue weighted by Crippen LogP contribution is 2.27. The van der Waals surface area contributed by atoms with E-state index < -0.39 is 27.9 Å². The van der Waals surface area contributed by atoms with Crippen molar-refractivity contribution in [2.45, 2.75) is 26.3 Å². The maximum atomic E-state index is 13.6. The molecule has 0 aliphatic carbocycles. The molecule has 2 aromatic carbocycles. The van der Waals surface area contributed by atoms with Crippen molar-refractivity contribution in [2.75, 3.05) is 17.7 Å². The molecule has 0 aliphatic heterocycles. The number of hydrogen-bond donors (Lipinski definition) is 0. The lowest BCUT2D eigenvalue weighted by Crippen LogP contribution is -2.46. The molecule has 158 valence electrons. The molecule has 0 spiro atoms. The van der Waals surface area contributed by atoms with Crippen LogP contribution < -0.4 is 4.31 Å². The second kappa shape index (κ2) is 8.31. The maximum absolute atomic E-state index is 13.6. The van der Waals surface area contributed by atoms with Gasteiger partial charge in [-0.3, -0.25) is 13.7 Å². The van der Waals surface area contributed by atoms with E-state index in [-0.39, 0.29) is 12.0 Å². The Kier molecular flexibility index (Phi) is 5.98. The van der Waals surface area contributed by atoms with Crippen LogP contribution in [-0.4, -0.2) is 44.3 Å². The first-order valence-corrected chi connectivity index (χ1v) is 11.3. The number of carbonyl (C=O) groups is 2. The number of nitrogens with zero attached hydrogens (tertiary/aromatic N) is 2. The standard InChI is InChI=1S/C22H24N2O5S/c1-5-19(24(30(4,27)28)16-10-8-9-15(2)13-16)21(25)23-14-18(22(26)29-3)17-11-6-7-12-20(17)23/h6-14,19H,5H2,1-4H3/t19-/m0/s1. The van der Waals surface area contributed by atoms with E-state index in [4.69, 9.17) is 4.74 Å². The third-order valence-corrected chi connectivity index (χ3v) is 6.10. The number of sulfonamides is 1. The highest BCUT2D eigenvalue weighted by molar-refractivity contribution is 7.92. The Morgan fingerprint density at radius 3 is 2.43 bits per heavy atom. The van der Waals surface area contributed by atoms with E-state index in [1.54, 1.807) is 49.4 Å². The molecule has 0 bridgehead atoms. The fourth-order valence-electron chi connectivity index (χ4n) is 3.60. The van der Waals surface area contributed by atoms with E-state index in [0.717, 1.165) is 16.1 Å². The first kappa shape index (κ1) is 21.6. The summed E-state index contributed by atoms with van der Waals surface area (Å²) in [6, 6.07) is 13.0. The maximum Gasteiger partial charge on any atom is 0.340 e. The van der Waals surface area contributed by atoms with Gasteiger partial charge in [0.05, 0.1) is 30.1 Å². The van der Waals surface area contributed by atoms with E-state index in [1.807, 2.05) is 13.0 Å². The van der Waals surface area contributed by atoms with Gasteiger partial charge in [-0.05, 0) is 37.1 Å². The number of para-hydroxylation sites is 1. The van der Waals surface area contributed by atoms with Gasteiger partial charge >= 0.3 is 5.97 Å². The minimum Gasteiger partial charge on any atom is -0.465 e. The predicted molar refractivity (Wildman–Crippen MR) is 116 cm³/mol. The van der Waals surface area contributed by atoms with Crippen molar-refractivity contribution in [2.24, 2.45) is 0 Å². The largest absolute Gasteiger partial charge is 0.465 e. The molecule has 0 amide bonds. The van der Waals surface area contributed by atoms with Gasteiger partial charge in [-0.2, -0.15) is 0 Å². The second-order valence-corrected chi connectivity index (χ2v) is 8.94. The number of rotatable bonds is 6. The Hall–Kier alpha value is -3.13. The fraction of sp³-hybridized carbons (Fsp3) is 0.273. The van der Waals surface area contributed by atoms with Gasteiger partial charge in [-0.15, -0.1) is 0 Å². The zero-order chi connectivity index (χ0) is 22.1. The number of methoxy groups -OCH3 is 1. The van der Waals surface area contributed by atoms with Crippen LogP contribution in [-0.2, 0) is 14.8 Å². The summed E-state index contributed by atoms with van der Waals surface area (Å²) < 4.78 is 32.7. The number of carbonyl (C=O) groups excluding carboxylic acids is 2. The van der Waals surface area contributed by atoms with Crippen LogP contribution in [0.2, 0.25) is 0 Å². The molecule has 1 aromatic heterocycles. The van der Waals surface area contributed by atoms with Crippen molar-refractivity contribution < 1.29 is 22.7 Å². The van der Waals surface area contributed by atoms with Crippen LogP contribution in [0.4, 0.5) is 5.69 Å². The van der Waals surface area contributed by atoms with Crippen LogP contribution in [0.1, 0.15) is 34.1 Å². The summed E-state index contributed by atoms with van der Waals surface area (Å²) in [4.78, 5) is 25.8. The van der Waals surface area contributed by atoms with E-state index in [2.05, 4.69) is 0 Å². The average Bonchev–Trinajstić information content (AvgIpc) is 3.09.